The van der Waals surface area contributed by atoms with Crippen LogP contribution in [0.25, 0.3) is 0 Å². The lowest BCUT2D eigenvalue weighted by Crippen LogP contribution is -2.45. The van der Waals surface area contributed by atoms with Gasteiger partial charge < -0.3 is 9.80 Å². The van der Waals surface area contributed by atoms with Gasteiger partial charge in [0.2, 0.25) is 5.91 Å². The molecule has 0 bridgehead atoms. The Kier molecular flexibility index (Phi) is 5.91. The molecule has 1 fully saturated rings. The third kappa shape index (κ3) is 4.05. The maximum atomic E-state index is 14.4. The summed E-state index contributed by atoms with van der Waals surface area (Å²) < 4.78 is 14.4. The summed E-state index contributed by atoms with van der Waals surface area (Å²) in [5.74, 6) is -0.127. The first kappa shape index (κ1) is 19.7. The van der Waals surface area contributed by atoms with E-state index < -0.39 is 0 Å². The van der Waals surface area contributed by atoms with Gasteiger partial charge in [-0.25, -0.2) is 4.39 Å². The van der Waals surface area contributed by atoms with Gasteiger partial charge in [0.25, 0.3) is 0 Å². The van der Waals surface area contributed by atoms with Crippen molar-refractivity contribution in [3.8, 4) is 0 Å². The minimum Gasteiger partial charge on any atom is -0.334 e. The zero-order chi connectivity index (χ0) is 19.7. The van der Waals surface area contributed by atoms with Crippen molar-refractivity contribution in [2.24, 2.45) is 0 Å². The first-order chi connectivity index (χ1) is 13.5. The van der Waals surface area contributed by atoms with Crippen LogP contribution in [0.1, 0.15) is 35.6 Å². The van der Waals surface area contributed by atoms with E-state index in [0.717, 1.165) is 36.3 Å². The lowest BCUT2D eigenvalue weighted by Gasteiger charge is -2.39. The van der Waals surface area contributed by atoms with Gasteiger partial charge in [-0.15, -0.1) is 0 Å². The van der Waals surface area contributed by atoms with E-state index in [-0.39, 0.29) is 24.2 Å². The number of hydrogen-bond acceptors (Lipinski definition) is 2. The fourth-order valence-corrected chi connectivity index (χ4v) is 4.66. The minimum atomic E-state index is -0.166. The molecule has 3 nitrogen and oxygen atoms in total. The molecule has 2 heterocycles. The summed E-state index contributed by atoms with van der Waals surface area (Å²) in [6.45, 7) is 3.36. The number of likely N-dealkylation sites (tertiary alicyclic amines) is 1. The lowest BCUT2D eigenvalue weighted by molar-refractivity contribution is -0.133. The molecule has 0 unspecified atom stereocenters. The molecule has 1 atom stereocenters. The quantitative estimate of drug-likeness (QED) is 0.702. The predicted octanol–water partition coefficient (Wildman–Crippen LogP) is 4.90. The molecule has 0 aliphatic carbocycles. The van der Waals surface area contributed by atoms with Crippen molar-refractivity contribution in [1.29, 1.82) is 0 Å². The smallest absolute Gasteiger partial charge is 0.227 e. The Labute approximate surface area is 175 Å². The Balaban J connectivity index is 1.60. The van der Waals surface area contributed by atoms with Gasteiger partial charge in [-0.2, -0.15) is 0 Å². The van der Waals surface area contributed by atoms with Crippen LogP contribution < -0.4 is 0 Å². The van der Waals surface area contributed by atoms with Crippen LogP contribution >= 0.6 is 23.2 Å². The number of hydrogen-bond donors (Lipinski definition) is 0. The molecule has 2 aromatic carbocycles. The Morgan fingerprint density at radius 3 is 2.61 bits per heavy atom. The Morgan fingerprint density at radius 1 is 1.07 bits per heavy atom. The highest BCUT2D eigenvalue weighted by atomic mass is 35.5. The highest BCUT2D eigenvalue weighted by Crippen LogP contribution is 2.33. The number of nitrogens with zero attached hydrogens (tertiary/aromatic N) is 2. The van der Waals surface area contributed by atoms with Gasteiger partial charge in [-0.3, -0.25) is 4.79 Å². The van der Waals surface area contributed by atoms with Crippen LogP contribution in [-0.2, 0) is 17.6 Å². The molecular formula is C22H23Cl2FN2O. The zero-order valence-corrected chi connectivity index (χ0v) is 17.1. The molecule has 2 aromatic rings. The molecule has 0 N–H and O–H groups in total. The highest BCUT2D eigenvalue weighted by Gasteiger charge is 2.33. The SMILES string of the molecule is O=C(Cc1ccc(Cl)c(Cl)c1)N1CCc2c(F)cccc2[C@@H]1CN1CCCC1. The number of carbonyl (C=O) groups excluding carboxylic acids is 1. The third-order valence-corrected chi connectivity index (χ3v) is 6.52. The molecule has 0 aromatic heterocycles. The second kappa shape index (κ2) is 8.40. The van der Waals surface area contributed by atoms with Gasteiger partial charge in [0.15, 0.2) is 0 Å². The highest BCUT2D eigenvalue weighted by molar-refractivity contribution is 6.42. The standard InChI is InChI=1S/C22H23Cl2FN2O/c23-18-7-6-15(12-19(18)24)13-22(28)27-11-8-16-17(4-3-5-20(16)25)21(27)14-26-9-1-2-10-26/h3-7,12,21H,1-2,8-11,13-14H2/t21-/m0/s1. The van der Waals surface area contributed by atoms with Gasteiger partial charge >= 0.3 is 0 Å². The summed E-state index contributed by atoms with van der Waals surface area (Å²) in [5, 5.41) is 0.929. The van der Waals surface area contributed by atoms with E-state index in [2.05, 4.69) is 4.90 Å². The molecule has 2 aliphatic heterocycles. The first-order valence-electron chi connectivity index (χ1n) is 9.76. The molecule has 4 rings (SSSR count). The van der Waals surface area contributed by atoms with Crippen molar-refractivity contribution in [3.63, 3.8) is 0 Å². The molecule has 2 aliphatic rings. The van der Waals surface area contributed by atoms with Crippen molar-refractivity contribution in [2.75, 3.05) is 26.2 Å². The number of halogens is 3. The Morgan fingerprint density at radius 2 is 1.86 bits per heavy atom. The zero-order valence-electron chi connectivity index (χ0n) is 15.6. The number of carbonyl (C=O) groups is 1. The van der Waals surface area contributed by atoms with Gasteiger partial charge in [-0.05, 0) is 67.2 Å². The number of fused-ring (bicyclic) bond motifs is 1. The van der Waals surface area contributed by atoms with Gasteiger partial charge in [0, 0.05) is 13.1 Å². The van der Waals surface area contributed by atoms with E-state index in [9.17, 15) is 9.18 Å². The van der Waals surface area contributed by atoms with Crippen molar-refractivity contribution in [1.82, 2.24) is 9.80 Å². The topological polar surface area (TPSA) is 23.6 Å². The fraction of sp³-hybridized carbons (Fsp3) is 0.409. The van der Waals surface area contributed by atoms with Crippen LogP contribution in [0.15, 0.2) is 36.4 Å². The van der Waals surface area contributed by atoms with Crippen molar-refractivity contribution < 1.29 is 9.18 Å². The first-order valence-corrected chi connectivity index (χ1v) is 10.5. The van der Waals surface area contributed by atoms with E-state index in [4.69, 9.17) is 23.2 Å². The summed E-state index contributed by atoms with van der Waals surface area (Å²) in [6.07, 6.45) is 3.17. The molecule has 148 valence electrons. The average Bonchev–Trinajstić information content (AvgIpc) is 3.18. The van der Waals surface area contributed by atoms with Crippen LogP contribution in [0.2, 0.25) is 10.0 Å². The molecular weight excluding hydrogens is 398 g/mol. The van der Waals surface area contributed by atoms with Gasteiger partial charge in [-0.1, -0.05) is 41.4 Å². The number of amides is 1. The molecule has 0 spiro atoms. The normalized spacial score (nSPS) is 19.7. The third-order valence-electron chi connectivity index (χ3n) is 5.78. The Bertz CT molecular complexity index is 883. The van der Waals surface area contributed by atoms with E-state index in [1.54, 1.807) is 18.2 Å². The maximum absolute atomic E-state index is 14.4. The number of rotatable bonds is 4. The van der Waals surface area contributed by atoms with Crippen molar-refractivity contribution in [3.05, 3.63) is 69.0 Å². The van der Waals surface area contributed by atoms with Crippen LogP contribution in [0.5, 0.6) is 0 Å². The summed E-state index contributed by atoms with van der Waals surface area (Å²) in [4.78, 5) is 17.5. The predicted molar refractivity (Wildman–Crippen MR) is 110 cm³/mol. The van der Waals surface area contributed by atoms with E-state index >= 15 is 0 Å². The van der Waals surface area contributed by atoms with Crippen LogP contribution in [0, 0.1) is 5.82 Å². The average molecular weight is 421 g/mol. The molecule has 6 heteroatoms. The maximum Gasteiger partial charge on any atom is 0.227 e. The van der Waals surface area contributed by atoms with Crippen LogP contribution in [0.4, 0.5) is 4.39 Å². The molecule has 0 radical (unpaired) electrons. The van der Waals surface area contributed by atoms with Gasteiger partial charge in [0.05, 0.1) is 22.5 Å². The fourth-order valence-electron chi connectivity index (χ4n) is 4.34. The second-order valence-electron chi connectivity index (χ2n) is 7.59. The van der Waals surface area contributed by atoms with Gasteiger partial charge in [0.1, 0.15) is 5.82 Å². The van der Waals surface area contributed by atoms with E-state index in [1.165, 1.54) is 18.9 Å². The van der Waals surface area contributed by atoms with Crippen LogP contribution in [-0.4, -0.2) is 41.9 Å². The van der Waals surface area contributed by atoms with E-state index in [1.807, 2.05) is 17.0 Å². The second-order valence-corrected chi connectivity index (χ2v) is 8.41. The van der Waals surface area contributed by atoms with E-state index in [0.29, 0.717) is 23.0 Å². The molecule has 1 saturated heterocycles. The summed E-state index contributed by atoms with van der Waals surface area (Å²) in [7, 11) is 0. The Hall–Kier alpha value is -1.62. The molecule has 1 amide bonds. The number of benzene rings is 2. The molecule has 0 saturated carbocycles. The summed E-state index contributed by atoms with van der Waals surface area (Å²) in [6, 6.07) is 10.4. The van der Waals surface area contributed by atoms with Crippen molar-refractivity contribution >= 4 is 29.1 Å². The summed E-state index contributed by atoms with van der Waals surface area (Å²) >= 11 is 12.1. The monoisotopic (exact) mass is 420 g/mol. The largest absolute Gasteiger partial charge is 0.334 e. The van der Waals surface area contributed by atoms with Crippen molar-refractivity contribution in [2.45, 2.75) is 31.7 Å². The summed E-state index contributed by atoms with van der Waals surface area (Å²) in [5.41, 5.74) is 2.54. The van der Waals surface area contributed by atoms with Crippen LogP contribution in [0.3, 0.4) is 0 Å². The lowest BCUT2D eigenvalue weighted by atomic mass is 9.91. The minimum absolute atomic E-state index is 0.0393. The molecule has 28 heavy (non-hydrogen) atoms.